The molecule has 1 aromatic heterocycles. The highest BCUT2D eigenvalue weighted by Crippen LogP contribution is 2.45. The molecule has 0 atom stereocenters. The number of thiophene rings is 1. The maximum atomic E-state index is 8.71. The molecule has 0 spiro atoms. The number of hydrogen-bond acceptors (Lipinski definition) is 3. The van der Waals surface area contributed by atoms with E-state index < -0.39 is 0 Å². The fourth-order valence-electron chi connectivity index (χ4n) is 1.83. The maximum Gasteiger partial charge on any atom is 0.100 e. The molecule has 1 heterocycles. The van der Waals surface area contributed by atoms with Crippen LogP contribution < -0.4 is 5.73 Å². The predicted octanol–water partition coefficient (Wildman–Crippen LogP) is 2.00. The third-order valence-electron chi connectivity index (χ3n) is 2.95. The van der Waals surface area contributed by atoms with Gasteiger partial charge in [-0.15, -0.1) is 11.3 Å². The van der Waals surface area contributed by atoms with Gasteiger partial charge in [0.15, 0.2) is 0 Å². The van der Waals surface area contributed by atoms with Crippen LogP contribution in [0.2, 0.25) is 0 Å². The van der Waals surface area contributed by atoms with Crippen LogP contribution in [0.4, 0.5) is 0 Å². The molecule has 0 aromatic carbocycles. The van der Waals surface area contributed by atoms with Crippen molar-refractivity contribution in [3.05, 3.63) is 21.9 Å². The standard InChI is InChI=1S/C10H12N2S/c11-5-8-4-9(13-6-8)10(7-12)2-1-3-10/h4,6H,1-3,7,12H2. The van der Waals surface area contributed by atoms with Crippen LogP contribution in [0.1, 0.15) is 29.7 Å². The molecular weight excluding hydrogens is 180 g/mol. The highest BCUT2D eigenvalue weighted by molar-refractivity contribution is 7.10. The molecule has 2 rings (SSSR count). The van der Waals surface area contributed by atoms with Crippen LogP contribution in [0.5, 0.6) is 0 Å². The van der Waals surface area contributed by atoms with Crippen molar-refractivity contribution >= 4 is 11.3 Å². The lowest BCUT2D eigenvalue weighted by molar-refractivity contribution is 0.258. The summed E-state index contributed by atoms with van der Waals surface area (Å²) >= 11 is 1.68. The molecule has 1 saturated carbocycles. The Morgan fingerprint density at radius 2 is 2.38 bits per heavy atom. The van der Waals surface area contributed by atoms with Gasteiger partial charge in [-0.2, -0.15) is 5.26 Å². The second kappa shape index (κ2) is 3.13. The molecule has 0 bridgehead atoms. The van der Waals surface area contributed by atoms with Crippen molar-refractivity contribution in [2.75, 3.05) is 6.54 Å². The Morgan fingerprint density at radius 1 is 1.62 bits per heavy atom. The SMILES string of the molecule is N#Cc1csc(C2(CN)CCC2)c1. The number of hydrogen-bond donors (Lipinski definition) is 1. The number of rotatable bonds is 2. The van der Waals surface area contributed by atoms with Gasteiger partial charge in [0.2, 0.25) is 0 Å². The summed E-state index contributed by atoms with van der Waals surface area (Å²) in [6, 6.07) is 4.16. The third kappa shape index (κ3) is 1.27. The summed E-state index contributed by atoms with van der Waals surface area (Å²) in [6.45, 7) is 0.721. The van der Waals surface area contributed by atoms with Gasteiger partial charge in [-0.25, -0.2) is 0 Å². The topological polar surface area (TPSA) is 49.8 Å². The molecule has 13 heavy (non-hydrogen) atoms. The quantitative estimate of drug-likeness (QED) is 0.779. The van der Waals surface area contributed by atoms with E-state index in [1.807, 2.05) is 11.4 Å². The Labute approximate surface area is 82.0 Å². The molecule has 0 saturated heterocycles. The van der Waals surface area contributed by atoms with Crippen molar-refractivity contribution in [2.24, 2.45) is 5.73 Å². The molecule has 3 heteroatoms. The van der Waals surface area contributed by atoms with Crippen molar-refractivity contribution in [1.82, 2.24) is 0 Å². The van der Waals surface area contributed by atoms with Crippen molar-refractivity contribution in [1.29, 1.82) is 5.26 Å². The van der Waals surface area contributed by atoms with Crippen LogP contribution in [-0.4, -0.2) is 6.54 Å². The fraction of sp³-hybridized carbons (Fsp3) is 0.500. The van der Waals surface area contributed by atoms with E-state index in [1.165, 1.54) is 24.1 Å². The lowest BCUT2D eigenvalue weighted by Crippen LogP contribution is -2.40. The molecule has 2 nitrogen and oxygen atoms in total. The first kappa shape index (κ1) is 8.74. The van der Waals surface area contributed by atoms with Gasteiger partial charge in [0.1, 0.15) is 6.07 Å². The van der Waals surface area contributed by atoms with Gasteiger partial charge in [0.25, 0.3) is 0 Å². The summed E-state index contributed by atoms with van der Waals surface area (Å²) in [6.07, 6.45) is 3.65. The van der Waals surface area contributed by atoms with Crippen LogP contribution in [0.15, 0.2) is 11.4 Å². The molecule has 2 N–H and O–H groups in total. The van der Waals surface area contributed by atoms with Crippen LogP contribution in [-0.2, 0) is 5.41 Å². The summed E-state index contributed by atoms with van der Waals surface area (Å²) in [4.78, 5) is 1.30. The second-order valence-electron chi connectivity index (χ2n) is 3.65. The maximum absolute atomic E-state index is 8.71. The van der Waals surface area contributed by atoms with Crippen LogP contribution in [0.3, 0.4) is 0 Å². The Morgan fingerprint density at radius 3 is 2.77 bits per heavy atom. The summed E-state index contributed by atoms with van der Waals surface area (Å²) in [5.41, 5.74) is 6.77. The normalized spacial score (nSPS) is 19.1. The van der Waals surface area contributed by atoms with E-state index in [0.29, 0.717) is 0 Å². The molecule has 0 aliphatic heterocycles. The second-order valence-corrected chi connectivity index (χ2v) is 4.56. The molecular formula is C10H12N2S. The Balaban J connectivity index is 2.29. The number of nitriles is 1. The van der Waals surface area contributed by atoms with Gasteiger partial charge in [0.05, 0.1) is 5.56 Å². The Kier molecular flexibility index (Phi) is 2.10. The monoisotopic (exact) mass is 192 g/mol. The molecule has 1 aromatic rings. The van der Waals surface area contributed by atoms with E-state index >= 15 is 0 Å². The highest BCUT2D eigenvalue weighted by atomic mass is 32.1. The molecule has 1 aliphatic rings. The first-order valence-corrected chi connectivity index (χ1v) is 5.38. The number of nitrogens with two attached hydrogens (primary N) is 1. The fourth-order valence-corrected chi connectivity index (χ4v) is 2.93. The van der Waals surface area contributed by atoms with Crippen LogP contribution in [0.25, 0.3) is 0 Å². The van der Waals surface area contributed by atoms with E-state index in [-0.39, 0.29) is 5.41 Å². The molecule has 1 aliphatic carbocycles. The minimum atomic E-state index is 0.222. The third-order valence-corrected chi connectivity index (χ3v) is 4.13. The van der Waals surface area contributed by atoms with Crippen molar-refractivity contribution in [3.63, 3.8) is 0 Å². The van der Waals surface area contributed by atoms with Gasteiger partial charge in [-0.1, -0.05) is 6.42 Å². The minimum absolute atomic E-state index is 0.222. The minimum Gasteiger partial charge on any atom is -0.330 e. The average Bonchev–Trinajstić information content (AvgIpc) is 2.52. The van der Waals surface area contributed by atoms with E-state index in [2.05, 4.69) is 6.07 Å². The van der Waals surface area contributed by atoms with E-state index in [1.54, 1.807) is 11.3 Å². The van der Waals surface area contributed by atoms with Gasteiger partial charge >= 0.3 is 0 Å². The Hall–Kier alpha value is -0.850. The highest BCUT2D eigenvalue weighted by Gasteiger charge is 2.38. The van der Waals surface area contributed by atoms with Gasteiger partial charge in [0, 0.05) is 22.2 Å². The molecule has 0 unspecified atom stereocenters. The zero-order valence-electron chi connectivity index (χ0n) is 7.42. The van der Waals surface area contributed by atoms with E-state index in [9.17, 15) is 0 Å². The first-order valence-electron chi connectivity index (χ1n) is 4.50. The summed E-state index contributed by atoms with van der Waals surface area (Å²) in [7, 11) is 0. The zero-order valence-corrected chi connectivity index (χ0v) is 8.23. The largest absolute Gasteiger partial charge is 0.330 e. The Bertz CT molecular complexity index is 339. The van der Waals surface area contributed by atoms with Crippen LogP contribution >= 0.6 is 11.3 Å². The van der Waals surface area contributed by atoms with Gasteiger partial charge in [-0.3, -0.25) is 0 Å². The lowest BCUT2D eigenvalue weighted by Gasteiger charge is -2.40. The molecule has 68 valence electrons. The van der Waals surface area contributed by atoms with Crippen molar-refractivity contribution < 1.29 is 0 Å². The summed E-state index contributed by atoms with van der Waals surface area (Å²) in [5.74, 6) is 0. The lowest BCUT2D eigenvalue weighted by atomic mass is 9.68. The van der Waals surface area contributed by atoms with Crippen LogP contribution in [0, 0.1) is 11.3 Å². The smallest absolute Gasteiger partial charge is 0.100 e. The first-order chi connectivity index (χ1) is 6.30. The summed E-state index contributed by atoms with van der Waals surface area (Å²) in [5, 5.41) is 10.6. The molecule has 0 amide bonds. The number of nitrogens with zero attached hydrogens (tertiary/aromatic N) is 1. The van der Waals surface area contributed by atoms with E-state index in [0.717, 1.165) is 12.1 Å². The zero-order chi connectivity index (χ0) is 9.31. The average molecular weight is 192 g/mol. The van der Waals surface area contributed by atoms with Gasteiger partial charge in [-0.05, 0) is 18.9 Å². The van der Waals surface area contributed by atoms with Crippen molar-refractivity contribution in [3.8, 4) is 6.07 Å². The predicted molar refractivity (Wildman–Crippen MR) is 53.6 cm³/mol. The summed E-state index contributed by atoms with van der Waals surface area (Å²) < 4.78 is 0. The van der Waals surface area contributed by atoms with E-state index in [4.69, 9.17) is 11.0 Å². The molecule has 1 fully saturated rings. The molecule has 0 radical (unpaired) electrons. The van der Waals surface area contributed by atoms with Crippen molar-refractivity contribution in [2.45, 2.75) is 24.7 Å². The van der Waals surface area contributed by atoms with Gasteiger partial charge < -0.3 is 5.73 Å².